The standard InChI is InChI=1S/C9H16N2O3S2/c1-3-11(5-4-6-12)16(13,14)9-7-10-8(2)15-9/h7,12H,3-6H2,1-2H3. The zero-order chi connectivity index (χ0) is 12.2. The minimum atomic E-state index is -3.42. The van der Waals surface area contributed by atoms with E-state index in [1.54, 1.807) is 13.8 Å². The molecule has 0 amide bonds. The highest BCUT2D eigenvalue weighted by atomic mass is 32.2. The summed E-state index contributed by atoms with van der Waals surface area (Å²) in [5, 5.41) is 9.45. The van der Waals surface area contributed by atoms with Crippen molar-refractivity contribution in [2.75, 3.05) is 19.7 Å². The number of thiazole rings is 1. The van der Waals surface area contributed by atoms with Gasteiger partial charge in [0.05, 0.1) is 11.2 Å². The Bertz CT molecular complexity index is 428. The zero-order valence-electron chi connectivity index (χ0n) is 9.38. The second-order valence-electron chi connectivity index (χ2n) is 3.27. The molecule has 0 aliphatic carbocycles. The Morgan fingerprint density at radius 2 is 2.25 bits per heavy atom. The second kappa shape index (κ2) is 5.72. The monoisotopic (exact) mass is 264 g/mol. The van der Waals surface area contributed by atoms with Crippen LogP contribution in [-0.4, -0.2) is 42.5 Å². The largest absolute Gasteiger partial charge is 0.396 e. The third kappa shape index (κ3) is 3.00. The lowest BCUT2D eigenvalue weighted by Gasteiger charge is -2.18. The highest BCUT2D eigenvalue weighted by Crippen LogP contribution is 2.22. The Balaban J connectivity index is 2.90. The number of aliphatic hydroxyl groups is 1. The van der Waals surface area contributed by atoms with E-state index in [0.29, 0.717) is 19.5 Å². The van der Waals surface area contributed by atoms with Crippen LogP contribution in [0.3, 0.4) is 0 Å². The van der Waals surface area contributed by atoms with Crippen LogP contribution in [0.1, 0.15) is 18.4 Å². The molecule has 1 N–H and O–H groups in total. The fourth-order valence-electron chi connectivity index (χ4n) is 1.28. The Hall–Kier alpha value is -0.500. The van der Waals surface area contributed by atoms with Crippen LogP contribution in [0.15, 0.2) is 10.4 Å². The minimum absolute atomic E-state index is 0.00621. The van der Waals surface area contributed by atoms with E-state index in [0.717, 1.165) is 5.01 Å². The van der Waals surface area contributed by atoms with E-state index >= 15 is 0 Å². The van der Waals surface area contributed by atoms with Gasteiger partial charge in [-0.25, -0.2) is 13.4 Å². The summed E-state index contributed by atoms with van der Waals surface area (Å²) in [5.74, 6) is 0. The molecule has 0 radical (unpaired) electrons. The molecule has 1 heterocycles. The van der Waals surface area contributed by atoms with Gasteiger partial charge in [0.25, 0.3) is 10.0 Å². The Kier molecular flexibility index (Phi) is 4.85. The molecule has 0 aliphatic rings. The van der Waals surface area contributed by atoms with Crippen molar-refractivity contribution in [2.24, 2.45) is 0 Å². The van der Waals surface area contributed by atoms with Gasteiger partial charge < -0.3 is 5.11 Å². The number of sulfonamides is 1. The number of rotatable bonds is 6. The summed E-state index contributed by atoms with van der Waals surface area (Å²) in [6, 6.07) is 0. The fourth-order valence-corrected chi connectivity index (χ4v) is 4.03. The topological polar surface area (TPSA) is 70.5 Å². The summed E-state index contributed by atoms with van der Waals surface area (Å²) in [7, 11) is -3.42. The van der Waals surface area contributed by atoms with Crippen LogP contribution < -0.4 is 0 Å². The van der Waals surface area contributed by atoms with E-state index in [1.165, 1.54) is 21.8 Å². The van der Waals surface area contributed by atoms with Gasteiger partial charge in [0.2, 0.25) is 0 Å². The molecule has 5 nitrogen and oxygen atoms in total. The molecule has 0 atom stereocenters. The zero-order valence-corrected chi connectivity index (χ0v) is 11.0. The Morgan fingerprint density at radius 1 is 1.56 bits per heavy atom. The molecule has 0 unspecified atom stereocenters. The normalized spacial score (nSPS) is 12.2. The van der Waals surface area contributed by atoms with Gasteiger partial charge in [0.1, 0.15) is 0 Å². The van der Waals surface area contributed by atoms with Crippen molar-refractivity contribution >= 4 is 21.4 Å². The van der Waals surface area contributed by atoms with Gasteiger partial charge in [-0.3, -0.25) is 0 Å². The van der Waals surface area contributed by atoms with Crippen molar-refractivity contribution in [3.63, 3.8) is 0 Å². The number of hydrogen-bond acceptors (Lipinski definition) is 5. The van der Waals surface area contributed by atoms with E-state index in [4.69, 9.17) is 5.11 Å². The van der Waals surface area contributed by atoms with Crippen LogP contribution in [0.4, 0.5) is 0 Å². The molecule has 0 aliphatic heterocycles. The molecule has 0 bridgehead atoms. The number of nitrogens with zero attached hydrogens (tertiary/aromatic N) is 2. The molecule has 0 fully saturated rings. The molecule has 0 spiro atoms. The van der Waals surface area contributed by atoms with Gasteiger partial charge in [-0.15, -0.1) is 11.3 Å². The van der Waals surface area contributed by atoms with Crippen molar-refractivity contribution < 1.29 is 13.5 Å². The first-order valence-electron chi connectivity index (χ1n) is 5.05. The third-order valence-electron chi connectivity index (χ3n) is 2.11. The van der Waals surface area contributed by atoms with Gasteiger partial charge in [-0.05, 0) is 13.3 Å². The number of aryl methyl sites for hydroxylation is 1. The molecule has 1 aromatic heterocycles. The Morgan fingerprint density at radius 3 is 2.69 bits per heavy atom. The molecule has 92 valence electrons. The molecule has 0 saturated carbocycles. The first-order chi connectivity index (χ1) is 7.52. The molecule has 0 saturated heterocycles. The first-order valence-corrected chi connectivity index (χ1v) is 7.31. The molecular formula is C9H16N2O3S2. The predicted molar refractivity (Wildman–Crippen MR) is 63.0 cm³/mol. The van der Waals surface area contributed by atoms with Crippen molar-refractivity contribution in [2.45, 2.75) is 24.5 Å². The summed E-state index contributed by atoms with van der Waals surface area (Å²) in [5.41, 5.74) is 0. The summed E-state index contributed by atoms with van der Waals surface area (Å²) in [6.45, 7) is 4.29. The number of aromatic nitrogens is 1. The van der Waals surface area contributed by atoms with Gasteiger partial charge in [0, 0.05) is 19.7 Å². The maximum Gasteiger partial charge on any atom is 0.254 e. The average molecular weight is 264 g/mol. The van der Waals surface area contributed by atoms with Crippen LogP contribution in [-0.2, 0) is 10.0 Å². The third-order valence-corrected chi connectivity index (χ3v) is 5.44. The van der Waals surface area contributed by atoms with Crippen LogP contribution in [0.25, 0.3) is 0 Å². The van der Waals surface area contributed by atoms with Crippen LogP contribution in [0, 0.1) is 6.92 Å². The second-order valence-corrected chi connectivity index (χ2v) is 6.67. The molecule has 0 aromatic carbocycles. The van der Waals surface area contributed by atoms with Crippen LogP contribution >= 0.6 is 11.3 Å². The van der Waals surface area contributed by atoms with E-state index in [-0.39, 0.29) is 10.8 Å². The lowest BCUT2D eigenvalue weighted by atomic mass is 10.4. The highest BCUT2D eigenvalue weighted by molar-refractivity contribution is 7.91. The maximum atomic E-state index is 12.1. The number of aliphatic hydroxyl groups excluding tert-OH is 1. The Labute approximate surface area is 99.8 Å². The van der Waals surface area contributed by atoms with Gasteiger partial charge >= 0.3 is 0 Å². The summed E-state index contributed by atoms with van der Waals surface area (Å²) in [4.78, 5) is 3.94. The van der Waals surface area contributed by atoms with Crippen molar-refractivity contribution in [3.05, 3.63) is 11.2 Å². The summed E-state index contributed by atoms with van der Waals surface area (Å²) >= 11 is 1.17. The highest BCUT2D eigenvalue weighted by Gasteiger charge is 2.24. The first kappa shape index (κ1) is 13.6. The lowest BCUT2D eigenvalue weighted by Crippen LogP contribution is -2.31. The van der Waals surface area contributed by atoms with Crippen molar-refractivity contribution in [3.8, 4) is 0 Å². The van der Waals surface area contributed by atoms with Gasteiger partial charge in [-0.1, -0.05) is 6.92 Å². The van der Waals surface area contributed by atoms with Crippen molar-refractivity contribution in [1.82, 2.24) is 9.29 Å². The molecule has 7 heteroatoms. The van der Waals surface area contributed by atoms with E-state index < -0.39 is 10.0 Å². The fraction of sp³-hybridized carbons (Fsp3) is 0.667. The van der Waals surface area contributed by atoms with E-state index in [9.17, 15) is 8.42 Å². The smallest absolute Gasteiger partial charge is 0.254 e. The minimum Gasteiger partial charge on any atom is -0.396 e. The summed E-state index contributed by atoms with van der Waals surface area (Å²) < 4.78 is 25.8. The average Bonchev–Trinajstić information content (AvgIpc) is 2.66. The SMILES string of the molecule is CCN(CCCO)S(=O)(=O)c1cnc(C)s1. The maximum absolute atomic E-state index is 12.1. The van der Waals surface area contributed by atoms with Crippen molar-refractivity contribution in [1.29, 1.82) is 0 Å². The van der Waals surface area contributed by atoms with E-state index in [2.05, 4.69) is 4.98 Å². The molecule has 1 rings (SSSR count). The lowest BCUT2D eigenvalue weighted by molar-refractivity contribution is 0.271. The van der Waals surface area contributed by atoms with Crippen LogP contribution in [0.5, 0.6) is 0 Å². The molecule has 16 heavy (non-hydrogen) atoms. The van der Waals surface area contributed by atoms with Crippen LogP contribution in [0.2, 0.25) is 0 Å². The molecule has 1 aromatic rings. The molecular weight excluding hydrogens is 248 g/mol. The van der Waals surface area contributed by atoms with Gasteiger partial charge in [-0.2, -0.15) is 4.31 Å². The quantitative estimate of drug-likeness (QED) is 0.826. The predicted octanol–water partition coefficient (Wildman–Crippen LogP) is 0.845. The van der Waals surface area contributed by atoms with E-state index in [1.807, 2.05) is 0 Å². The summed E-state index contributed by atoms with van der Waals surface area (Å²) in [6.07, 6.45) is 1.84. The van der Waals surface area contributed by atoms with Gasteiger partial charge in [0.15, 0.2) is 4.21 Å². The number of hydrogen-bond donors (Lipinski definition) is 1.